The van der Waals surface area contributed by atoms with Crippen LogP contribution in [0.3, 0.4) is 0 Å². The van der Waals surface area contributed by atoms with Crippen LogP contribution in [0, 0.1) is 11.8 Å². The number of amides is 1. The predicted molar refractivity (Wildman–Crippen MR) is 112 cm³/mol. The van der Waals surface area contributed by atoms with E-state index in [1.807, 2.05) is 18.2 Å². The van der Waals surface area contributed by atoms with Crippen LogP contribution in [0.1, 0.15) is 36.8 Å². The summed E-state index contributed by atoms with van der Waals surface area (Å²) in [6.07, 6.45) is -2.98. The van der Waals surface area contributed by atoms with Gasteiger partial charge in [0.15, 0.2) is 0 Å². The Labute approximate surface area is 182 Å². The van der Waals surface area contributed by atoms with E-state index in [0.717, 1.165) is 18.9 Å². The highest BCUT2D eigenvalue weighted by molar-refractivity contribution is 6.30. The van der Waals surface area contributed by atoms with Crippen LogP contribution in [0.25, 0.3) is 0 Å². The van der Waals surface area contributed by atoms with Crippen LogP contribution in [0.15, 0.2) is 48.5 Å². The number of carbonyl (C=O) groups excluding carboxylic acids is 1. The second kappa shape index (κ2) is 10.5. The van der Waals surface area contributed by atoms with Gasteiger partial charge in [-0.25, -0.2) is 4.79 Å². The summed E-state index contributed by atoms with van der Waals surface area (Å²) in [5.41, 5.74) is 1.89. The lowest BCUT2D eigenvalue weighted by Gasteiger charge is -2.26. The summed E-state index contributed by atoms with van der Waals surface area (Å²) in [6.45, 7) is 1.03. The molecule has 0 aliphatic heterocycles. The van der Waals surface area contributed by atoms with E-state index < -0.39 is 30.1 Å². The van der Waals surface area contributed by atoms with Gasteiger partial charge in [0.05, 0.1) is 11.8 Å². The zero-order valence-corrected chi connectivity index (χ0v) is 17.5. The standard InChI is InChI=1S/C21H21ClF3NO.CH2O3/c1-13(21(23,24)25)19(16-7-9-17(22)10-8-16)20(27)26-18-4-2-3-15(12-18)11-14-5-6-14;2-1(3)4/h2-4,7-10,12-14,19H,5-6,11H2,1H3,(H,26,27);(H2,2,3,4). The Morgan fingerprint density at radius 2 is 1.71 bits per heavy atom. The molecule has 3 N–H and O–H groups in total. The smallest absolute Gasteiger partial charge is 0.450 e. The quantitative estimate of drug-likeness (QED) is 0.466. The number of benzene rings is 2. The van der Waals surface area contributed by atoms with Crippen LogP contribution >= 0.6 is 11.6 Å². The summed E-state index contributed by atoms with van der Waals surface area (Å²) in [7, 11) is 0. The fourth-order valence-corrected chi connectivity index (χ4v) is 3.30. The minimum absolute atomic E-state index is 0.288. The van der Waals surface area contributed by atoms with Gasteiger partial charge in [0.1, 0.15) is 0 Å². The molecule has 5 nitrogen and oxygen atoms in total. The fraction of sp³-hybridized carbons (Fsp3) is 0.364. The van der Waals surface area contributed by atoms with Crippen LogP contribution in [0.2, 0.25) is 5.02 Å². The van der Waals surface area contributed by atoms with Gasteiger partial charge in [0, 0.05) is 10.7 Å². The average molecular weight is 458 g/mol. The average Bonchev–Trinajstić information content (AvgIpc) is 3.46. The van der Waals surface area contributed by atoms with E-state index in [1.54, 1.807) is 6.07 Å². The summed E-state index contributed by atoms with van der Waals surface area (Å²) >= 11 is 5.84. The molecule has 0 spiro atoms. The number of halogens is 4. The van der Waals surface area contributed by atoms with Crippen LogP contribution in [-0.4, -0.2) is 28.5 Å². The number of hydrogen-bond donors (Lipinski definition) is 3. The highest BCUT2D eigenvalue weighted by atomic mass is 35.5. The minimum Gasteiger partial charge on any atom is -0.450 e. The van der Waals surface area contributed by atoms with Gasteiger partial charge < -0.3 is 15.5 Å². The Morgan fingerprint density at radius 1 is 1.13 bits per heavy atom. The fourth-order valence-electron chi connectivity index (χ4n) is 3.18. The van der Waals surface area contributed by atoms with Crippen molar-refractivity contribution in [1.29, 1.82) is 0 Å². The number of alkyl halides is 3. The predicted octanol–water partition coefficient (Wildman–Crippen LogP) is 6.44. The van der Waals surface area contributed by atoms with Crippen molar-refractivity contribution in [3.63, 3.8) is 0 Å². The molecule has 31 heavy (non-hydrogen) atoms. The van der Waals surface area contributed by atoms with Crippen LogP contribution in [-0.2, 0) is 11.2 Å². The van der Waals surface area contributed by atoms with Gasteiger partial charge in [-0.1, -0.05) is 42.8 Å². The maximum Gasteiger partial charge on any atom is 0.503 e. The van der Waals surface area contributed by atoms with E-state index in [9.17, 15) is 18.0 Å². The summed E-state index contributed by atoms with van der Waals surface area (Å²) in [4.78, 5) is 21.3. The second-order valence-corrected chi connectivity index (χ2v) is 7.92. The molecule has 1 saturated carbocycles. The first kappa shape index (κ1) is 24.5. The van der Waals surface area contributed by atoms with Crippen molar-refractivity contribution in [2.24, 2.45) is 11.8 Å². The van der Waals surface area contributed by atoms with Gasteiger partial charge >= 0.3 is 12.3 Å². The normalized spacial score (nSPS) is 15.3. The van der Waals surface area contributed by atoms with Gasteiger partial charge in [0.25, 0.3) is 0 Å². The highest BCUT2D eigenvalue weighted by Gasteiger charge is 2.44. The summed E-state index contributed by atoms with van der Waals surface area (Å²) in [5.74, 6) is -3.17. The Kier molecular flexibility index (Phi) is 8.33. The lowest BCUT2D eigenvalue weighted by molar-refractivity contribution is -0.178. The first-order chi connectivity index (χ1) is 14.5. The second-order valence-electron chi connectivity index (χ2n) is 7.48. The molecular formula is C22H23ClF3NO4. The molecule has 1 aliphatic rings. The Morgan fingerprint density at radius 3 is 2.23 bits per heavy atom. The molecule has 9 heteroatoms. The SMILES string of the molecule is CC(C(C(=O)Nc1cccc(CC2CC2)c1)c1ccc(Cl)cc1)C(F)(F)F.O=C(O)O. The molecule has 0 radical (unpaired) electrons. The summed E-state index contributed by atoms with van der Waals surface area (Å²) in [6, 6.07) is 13.3. The molecule has 2 aromatic rings. The van der Waals surface area contributed by atoms with Crippen molar-refractivity contribution < 1.29 is 33.0 Å². The number of carboxylic acid groups (broad SMARTS) is 2. The molecule has 168 valence electrons. The van der Waals surface area contributed by atoms with Crippen molar-refractivity contribution in [2.45, 2.75) is 38.3 Å². The zero-order chi connectivity index (χ0) is 23.2. The van der Waals surface area contributed by atoms with E-state index in [2.05, 4.69) is 5.32 Å². The van der Waals surface area contributed by atoms with Crippen molar-refractivity contribution in [1.82, 2.24) is 0 Å². The van der Waals surface area contributed by atoms with Crippen LogP contribution in [0.5, 0.6) is 0 Å². The first-order valence-corrected chi connectivity index (χ1v) is 9.99. The Bertz CT molecular complexity index is 894. The topological polar surface area (TPSA) is 86.6 Å². The molecular weight excluding hydrogens is 435 g/mol. The van der Waals surface area contributed by atoms with E-state index in [-0.39, 0.29) is 5.56 Å². The molecule has 0 bridgehead atoms. The third-order valence-electron chi connectivity index (χ3n) is 4.94. The van der Waals surface area contributed by atoms with Crippen LogP contribution in [0.4, 0.5) is 23.7 Å². The minimum atomic E-state index is -4.49. The molecule has 2 unspecified atom stereocenters. The Hall–Kier alpha value is -2.74. The summed E-state index contributed by atoms with van der Waals surface area (Å²) in [5, 5.41) is 17.0. The van der Waals surface area contributed by atoms with Crippen molar-refractivity contribution >= 4 is 29.4 Å². The number of carbonyl (C=O) groups is 2. The van der Waals surface area contributed by atoms with Gasteiger partial charge in [-0.3, -0.25) is 4.79 Å². The molecule has 1 fully saturated rings. The number of rotatable bonds is 6. The molecule has 1 amide bonds. The largest absolute Gasteiger partial charge is 0.503 e. The monoisotopic (exact) mass is 457 g/mol. The third kappa shape index (κ3) is 8.13. The van der Waals surface area contributed by atoms with E-state index in [0.29, 0.717) is 16.6 Å². The van der Waals surface area contributed by atoms with Crippen molar-refractivity contribution in [3.8, 4) is 0 Å². The van der Waals surface area contributed by atoms with Crippen molar-refractivity contribution in [3.05, 3.63) is 64.7 Å². The molecule has 0 saturated heterocycles. The lowest BCUT2D eigenvalue weighted by atomic mass is 9.86. The van der Waals surface area contributed by atoms with E-state index in [4.69, 9.17) is 26.6 Å². The molecule has 3 rings (SSSR count). The zero-order valence-electron chi connectivity index (χ0n) is 16.7. The lowest BCUT2D eigenvalue weighted by Crippen LogP contribution is -2.34. The van der Waals surface area contributed by atoms with Crippen molar-refractivity contribution in [2.75, 3.05) is 5.32 Å². The third-order valence-corrected chi connectivity index (χ3v) is 5.20. The van der Waals surface area contributed by atoms with Gasteiger partial charge in [-0.05, 0) is 60.6 Å². The molecule has 2 aromatic carbocycles. The maximum absolute atomic E-state index is 13.4. The maximum atomic E-state index is 13.4. The number of anilines is 1. The highest BCUT2D eigenvalue weighted by Crippen LogP contribution is 2.38. The summed E-state index contributed by atoms with van der Waals surface area (Å²) < 4.78 is 40.1. The van der Waals surface area contributed by atoms with E-state index in [1.165, 1.54) is 37.1 Å². The van der Waals surface area contributed by atoms with Gasteiger partial charge in [-0.2, -0.15) is 13.2 Å². The molecule has 2 atom stereocenters. The number of hydrogen-bond acceptors (Lipinski definition) is 2. The number of nitrogens with one attached hydrogen (secondary N) is 1. The van der Waals surface area contributed by atoms with E-state index >= 15 is 0 Å². The molecule has 1 aliphatic carbocycles. The molecule has 0 heterocycles. The molecule has 0 aromatic heterocycles. The van der Waals surface area contributed by atoms with Gasteiger partial charge in [-0.15, -0.1) is 0 Å². The first-order valence-electron chi connectivity index (χ1n) is 9.61. The van der Waals surface area contributed by atoms with Gasteiger partial charge in [0.2, 0.25) is 5.91 Å². The Balaban J connectivity index is 0.000000785. The van der Waals surface area contributed by atoms with Crippen LogP contribution < -0.4 is 5.32 Å².